The normalized spacial score (nSPS) is 12.1. The quantitative estimate of drug-likeness (QED) is 0.0353. The fourth-order valence-corrected chi connectivity index (χ4v) is 6.63. The number of nitrogen functional groups attached to an aromatic ring is 1. The van der Waals surface area contributed by atoms with E-state index < -0.39 is 59.8 Å². The topological polar surface area (TPSA) is 427 Å². The first-order valence-electron chi connectivity index (χ1n) is 27.6. The van der Waals surface area contributed by atoms with Gasteiger partial charge in [0, 0.05) is 109 Å². The first-order valence-corrected chi connectivity index (χ1v) is 27.6. The molecule has 0 radical (unpaired) electrons. The number of carbonyl (C=O) groups is 14. The fraction of sp³-hybridized carbons (Fsp3) is 0.302. The standard InChI is InChI=1S/C14H14N2O6.C11H14N2O3.C9H8N2O7.2C9H11NO.C7H9N.C2H4O2.CH5N.CH4/c1-9(17)15-11-4-2-10(3-5-11)8-21-14(20)22-16-12(18)6-7-13(16)19;1-8(14)13-10-5-3-9(4-6-10)7-16-11(15)12-2;12-5-1-2-6(13)10(5)17-9(16)18-11-7(14)3-4-8(11)15;2*1-7-3-5-9(6-4-7)10-8(2)11;1-6-2-4-7(8)5-3-6;1-2(3)4;1-2;/h2-5H,6-8H2,1H3,(H,15,17);3-6H,7H2,1-2H3,(H,12,15)(H,13,14);1-4H2;2*3-6H,1-2H3,(H,10,11);2-5H,8H2,1H3;1H3,(H,3,4);2H2,1H3;1H4. The Balaban J connectivity index is 0.00000110. The van der Waals surface area contributed by atoms with Gasteiger partial charge in [-0.3, -0.25) is 67.3 Å². The summed E-state index contributed by atoms with van der Waals surface area (Å²) in [6.07, 6.45) is -3.28. The minimum atomic E-state index is -1.48. The maximum Gasteiger partial charge on any atom is 0.560 e. The number of nitrogens with two attached hydrogens (primary N) is 2. The third kappa shape index (κ3) is 35.9. The highest BCUT2D eigenvalue weighted by Crippen LogP contribution is 2.18. The molecule has 8 rings (SSSR count). The van der Waals surface area contributed by atoms with Crippen LogP contribution < -0.4 is 38.1 Å². The van der Waals surface area contributed by atoms with Gasteiger partial charge in [0.05, 0.1) is 0 Å². The zero-order valence-corrected chi connectivity index (χ0v) is 52.4. The molecular weight excluding hydrogens is 1220 g/mol. The van der Waals surface area contributed by atoms with Crippen LogP contribution in [0.1, 0.15) is 108 Å². The summed E-state index contributed by atoms with van der Waals surface area (Å²) in [4.78, 5) is 165. The number of nitrogens with zero attached hydrogens (tertiary/aromatic N) is 3. The second kappa shape index (κ2) is 44.0. The van der Waals surface area contributed by atoms with Gasteiger partial charge in [-0.1, -0.05) is 100.0 Å². The fourth-order valence-electron chi connectivity index (χ4n) is 6.63. The molecule has 0 saturated carbocycles. The molecule has 3 fully saturated rings. The van der Waals surface area contributed by atoms with Crippen LogP contribution in [0.15, 0.2) is 121 Å². The summed E-state index contributed by atoms with van der Waals surface area (Å²) in [5.41, 5.74) is 18.9. The lowest BCUT2D eigenvalue weighted by molar-refractivity contribution is -0.198. The Morgan fingerprint density at radius 2 is 0.634 bits per heavy atom. The number of aryl methyl sites for hydroxylation is 3. The molecule has 3 saturated heterocycles. The molecule has 93 heavy (non-hydrogen) atoms. The second-order valence-electron chi connectivity index (χ2n) is 18.9. The lowest BCUT2D eigenvalue weighted by Crippen LogP contribution is -2.37. The highest BCUT2D eigenvalue weighted by Gasteiger charge is 2.38. The van der Waals surface area contributed by atoms with Crippen LogP contribution in [-0.4, -0.2) is 118 Å². The number of anilines is 5. The van der Waals surface area contributed by atoms with Crippen molar-refractivity contribution in [3.8, 4) is 0 Å². The van der Waals surface area contributed by atoms with Crippen LogP contribution in [0.2, 0.25) is 0 Å². The molecular formula is C63H80N10O20. The minimum Gasteiger partial charge on any atom is -0.481 e. The summed E-state index contributed by atoms with van der Waals surface area (Å²) >= 11 is 0. The maximum atomic E-state index is 11.4. The van der Waals surface area contributed by atoms with Crippen LogP contribution in [0, 0.1) is 20.8 Å². The van der Waals surface area contributed by atoms with Crippen molar-refractivity contribution in [2.24, 2.45) is 5.73 Å². The maximum absolute atomic E-state index is 11.4. The number of hydrogen-bond donors (Lipinski definition) is 8. The zero-order valence-electron chi connectivity index (χ0n) is 52.4. The number of alkyl carbamates (subject to hydrolysis) is 1. The lowest BCUT2D eigenvalue weighted by atomic mass is 10.2. The Morgan fingerprint density at radius 3 is 0.871 bits per heavy atom. The molecule has 0 atom stereocenters. The van der Waals surface area contributed by atoms with E-state index in [2.05, 4.69) is 46.8 Å². The molecule has 3 aliphatic heterocycles. The van der Waals surface area contributed by atoms with Gasteiger partial charge in [-0.2, -0.15) is 4.79 Å². The van der Waals surface area contributed by atoms with Crippen LogP contribution in [0.3, 0.4) is 0 Å². The van der Waals surface area contributed by atoms with Crippen LogP contribution in [0.25, 0.3) is 0 Å². The summed E-state index contributed by atoms with van der Waals surface area (Å²) in [7, 11) is 3.00. The first kappa shape index (κ1) is 81.4. The SMILES string of the molecule is C.CC(=O)Nc1ccc(C)cc1.CC(=O)Nc1ccc(C)cc1.CC(=O)Nc1ccc(COC(=O)ON2C(=O)CCC2=O)cc1.CC(=O)O.CN.CNC(=O)OCc1ccc(NC(C)=O)cc1.Cc1ccc(N)cc1.O=C(ON1C(=O)CCC1=O)ON1C(=O)CCC1=O. The van der Waals surface area contributed by atoms with Crippen molar-refractivity contribution in [3.05, 3.63) is 149 Å². The molecule has 0 unspecified atom stereocenters. The molecule has 11 amide bonds. The molecule has 30 heteroatoms. The number of aliphatic carboxylic acids is 1. The number of imide groups is 3. The van der Waals surface area contributed by atoms with Gasteiger partial charge >= 0.3 is 18.4 Å². The average molecular weight is 1300 g/mol. The van der Waals surface area contributed by atoms with Gasteiger partial charge < -0.3 is 52.6 Å². The van der Waals surface area contributed by atoms with Crippen molar-refractivity contribution in [2.75, 3.05) is 41.1 Å². The van der Waals surface area contributed by atoms with E-state index in [0.29, 0.717) is 16.3 Å². The summed E-state index contributed by atoms with van der Waals surface area (Å²) < 4.78 is 9.67. The number of carboxylic acid groups (broad SMARTS) is 1. The van der Waals surface area contributed by atoms with Gasteiger partial charge in [0.1, 0.15) is 13.2 Å². The van der Waals surface area contributed by atoms with E-state index in [9.17, 15) is 62.3 Å². The molecule has 5 aromatic rings. The Bertz CT molecular complexity index is 3140. The number of carbonyl (C=O) groups excluding carboxylic acids is 13. The van der Waals surface area contributed by atoms with Crippen LogP contribution in [0.5, 0.6) is 0 Å². The number of nitrogens with one attached hydrogen (secondary N) is 5. The summed E-state index contributed by atoms with van der Waals surface area (Å²) in [5.74, 6) is -5.08. The molecule has 30 nitrogen and oxygen atoms in total. The van der Waals surface area contributed by atoms with E-state index in [1.807, 2.05) is 93.6 Å². The molecule has 3 heterocycles. The average Bonchev–Trinajstić information content (AvgIpc) is 1.81. The lowest BCUT2D eigenvalue weighted by Gasteiger charge is -2.15. The van der Waals surface area contributed by atoms with E-state index in [1.54, 1.807) is 48.5 Å². The Kier molecular flexibility index (Phi) is 38.5. The van der Waals surface area contributed by atoms with E-state index >= 15 is 0 Å². The zero-order chi connectivity index (χ0) is 69.5. The molecule has 502 valence electrons. The van der Waals surface area contributed by atoms with Crippen molar-refractivity contribution < 1.29 is 96.2 Å². The largest absolute Gasteiger partial charge is 0.560 e. The highest BCUT2D eigenvalue weighted by atomic mass is 16.9. The molecule has 3 aliphatic rings. The van der Waals surface area contributed by atoms with Crippen molar-refractivity contribution >= 4 is 112 Å². The van der Waals surface area contributed by atoms with Crippen LogP contribution in [0.4, 0.5) is 42.8 Å². The van der Waals surface area contributed by atoms with Crippen LogP contribution >= 0.6 is 0 Å². The van der Waals surface area contributed by atoms with Crippen molar-refractivity contribution in [3.63, 3.8) is 0 Å². The Labute approximate surface area is 537 Å². The van der Waals surface area contributed by atoms with Gasteiger partial charge in [0.2, 0.25) is 23.6 Å². The van der Waals surface area contributed by atoms with Gasteiger partial charge in [-0.15, -0.1) is 0 Å². The van der Waals surface area contributed by atoms with Gasteiger partial charge in [0.25, 0.3) is 41.4 Å². The van der Waals surface area contributed by atoms with Gasteiger partial charge in [0.15, 0.2) is 0 Å². The number of hydroxylamine groups is 6. The molecule has 0 aliphatic carbocycles. The van der Waals surface area contributed by atoms with E-state index in [4.69, 9.17) is 25.1 Å². The van der Waals surface area contributed by atoms with E-state index in [0.717, 1.165) is 35.2 Å². The summed E-state index contributed by atoms with van der Waals surface area (Å²) in [5, 5.41) is 21.3. The summed E-state index contributed by atoms with van der Waals surface area (Å²) in [6.45, 7) is 13.1. The number of benzene rings is 5. The monoisotopic (exact) mass is 1300 g/mol. The highest BCUT2D eigenvalue weighted by molar-refractivity contribution is 6.03. The molecule has 0 spiro atoms. The Hall–Kier alpha value is -11.6. The molecule has 5 aromatic carbocycles. The third-order valence-electron chi connectivity index (χ3n) is 10.8. The van der Waals surface area contributed by atoms with E-state index in [1.165, 1.54) is 58.5 Å². The number of ether oxygens (including phenoxy) is 2. The van der Waals surface area contributed by atoms with Crippen LogP contribution in [-0.2, 0) is 89.9 Å². The molecule has 0 aromatic heterocycles. The minimum absolute atomic E-state index is 0. The number of rotatable bonds is 11. The summed E-state index contributed by atoms with van der Waals surface area (Å²) in [6, 6.07) is 36.9. The Morgan fingerprint density at radius 1 is 0.409 bits per heavy atom. The number of amides is 11. The predicted molar refractivity (Wildman–Crippen MR) is 340 cm³/mol. The van der Waals surface area contributed by atoms with Gasteiger partial charge in [-0.05, 0) is 99.6 Å². The molecule has 0 bridgehead atoms. The van der Waals surface area contributed by atoms with E-state index in [-0.39, 0.29) is 92.9 Å². The second-order valence-corrected chi connectivity index (χ2v) is 18.9. The third-order valence-corrected chi connectivity index (χ3v) is 10.8. The van der Waals surface area contributed by atoms with Crippen molar-refractivity contribution in [1.29, 1.82) is 0 Å². The van der Waals surface area contributed by atoms with Crippen molar-refractivity contribution in [1.82, 2.24) is 20.5 Å². The first-order chi connectivity index (χ1) is 43.4. The smallest absolute Gasteiger partial charge is 0.481 e. The molecule has 10 N–H and O–H groups in total. The van der Waals surface area contributed by atoms with Gasteiger partial charge in [-0.25, -0.2) is 9.59 Å². The number of carboxylic acids is 1. The predicted octanol–water partition coefficient (Wildman–Crippen LogP) is 7.92. The van der Waals surface area contributed by atoms with Crippen molar-refractivity contribution in [2.45, 2.75) is 115 Å². The number of hydrogen-bond acceptors (Lipinski definition) is 21.